The summed E-state index contributed by atoms with van der Waals surface area (Å²) in [5, 5.41) is 2.74. The first-order chi connectivity index (χ1) is 17.8. The minimum absolute atomic E-state index is 0.139. The quantitative estimate of drug-likeness (QED) is 0.500. The van der Waals surface area contributed by atoms with Crippen LogP contribution in [0.1, 0.15) is 33.2 Å². The van der Waals surface area contributed by atoms with Crippen molar-refractivity contribution in [1.82, 2.24) is 4.90 Å². The van der Waals surface area contributed by atoms with Gasteiger partial charge in [0, 0.05) is 11.8 Å². The predicted molar refractivity (Wildman–Crippen MR) is 136 cm³/mol. The molecule has 9 heteroatoms. The summed E-state index contributed by atoms with van der Waals surface area (Å²) in [6.45, 7) is 3.98. The number of anilines is 2. The highest BCUT2D eigenvalue weighted by molar-refractivity contribution is 6.23. The van der Waals surface area contributed by atoms with Gasteiger partial charge in [-0.2, -0.15) is 0 Å². The molecule has 2 heterocycles. The molecule has 0 aromatic heterocycles. The lowest BCUT2D eigenvalue weighted by atomic mass is 10.1. The van der Waals surface area contributed by atoms with E-state index < -0.39 is 23.8 Å². The fourth-order valence-corrected chi connectivity index (χ4v) is 4.34. The van der Waals surface area contributed by atoms with E-state index in [0.717, 1.165) is 16.2 Å². The first-order valence-corrected chi connectivity index (χ1v) is 11.9. The van der Waals surface area contributed by atoms with Crippen LogP contribution in [-0.4, -0.2) is 54.3 Å². The van der Waals surface area contributed by atoms with Gasteiger partial charge in [-0.25, -0.2) is 0 Å². The van der Waals surface area contributed by atoms with Crippen molar-refractivity contribution in [2.24, 2.45) is 0 Å². The van der Waals surface area contributed by atoms with Gasteiger partial charge >= 0.3 is 0 Å². The zero-order valence-electron chi connectivity index (χ0n) is 20.4. The summed E-state index contributed by atoms with van der Waals surface area (Å²) < 4.78 is 11.4. The van der Waals surface area contributed by atoms with Crippen molar-refractivity contribution < 1.29 is 28.7 Å². The lowest BCUT2D eigenvalue weighted by Gasteiger charge is -2.30. The molecule has 0 aliphatic carbocycles. The van der Waals surface area contributed by atoms with Crippen molar-refractivity contribution in [3.05, 3.63) is 83.4 Å². The lowest BCUT2D eigenvalue weighted by molar-refractivity contribution is -0.121. The molecule has 37 heavy (non-hydrogen) atoms. The zero-order chi connectivity index (χ0) is 26.1. The molecule has 0 saturated heterocycles. The summed E-state index contributed by atoms with van der Waals surface area (Å²) in [5.41, 5.74) is 2.68. The number of hydrogen-bond acceptors (Lipinski definition) is 6. The van der Waals surface area contributed by atoms with Gasteiger partial charge in [-0.3, -0.25) is 24.1 Å². The standard InChI is InChI=1S/C28H25N3O6/c1-17-7-10-20(11-8-17)36-14-13-30-23-12-9-19(15-24(23)37-16-25(30)32)29-26(33)18(2)31-27(34)21-5-3-4-6-22(21)28(31)35/h3-12,15,18H,13-14,16H2,1-2H3,(H,29,33). The highest BCUT2D eigenvalue weighted by atomic mass is 16.5. The monoisotopic (exact) mass is 499 g/mol. The molecule has 3 aromatic carbocycles. The van der Waals surface area contributed by atoms with Crippen molar-refractivity contribution in [1.29, 1.82) is 0 Å². The number of aryl methyl sites for hydroxylation is 1. The summed E-state index contributed by atoms with van der Waals surface area (Å²) in [5.74, 6) is -0.573. The minimum Gasteiger partial charge on any atom is -0.492 e. The molecule has 4 amide bonds. The molecule has 9 nitrogen and oxygen atoms in total. The van der Waals surface area contributed by atoms with Crippen LogP contribution < -0.4 is 19.7 Å². The Hall–Kier alpha value is -4.66. The molecular formula is C28H25N3O6. The summed E-state index contributed by atoms with van der Waals surface area (Å²) in [6, 6.07) is 18.1. The number of rotatable bonds is 7. The van der Waals surface area contributed by atoms with Crippen LogP contribution in [-0.2, 0) is 9.59 Å². The molecule has 3 aromatic rings. The third-order valence-corrected chi connectivity index (χ3v) is 6.37. The summed E-state index contributed by atoms with van der Waals surface area (Å²) in [7, 11) is 0. The molecule has 5 rings (SSSR count). The molecule has 2 aliphatic rings. The van der Waals surface area contributed by atoms with E-state index in [-0.39, 0.29) is 23.6 Å². The molecular weight excluding hydrogens is 474 g/mol. The second-order valence-corrected chi connectivity index (χ2v) is 8.87. The highest BCUT2D eigenvalue weighted by Crippen LogP contribution is 2.35. The van der Waals surface area contributed by atoms with Crippen LogP contribution in [0.25, 0.3) is 0 Å². The minimum atomic E-state index is -1.03. The number of fused-ring (bicyclic) bond motifs is 2. The largest absolute Gasteiger partial charge is 0.492 e. The van der Waals surface area contributed by atoms with Gasteiger partial charge < -0.3 is 19.7 Å². The number of carbonyl (C=O) groups is 4. The maximum Gasteiger partial charge on any atom is 0.265 e. The molecule has 0 fully saturated rings. The Morgan fingerprint density at radius 1 is 1.00 bits per heavy atom. The molecule has 0 radical (unpaired) electrons. The molecule has 1 N–H and O–H groups in total. The Balaban J connectivity index is 1.25. The lowest BCUT2D eigenvalue weighted by Crippen LogP contribution is -2.45. The Morgan fingerprint density at radius 3 is 2.35 bits per heavy atom. The average molecular weight is 500 g/mol. The second-order valence-electron chi connectivity index (χ2n) is 8.87. The van der Waals surface area contributed by atoms with E-state index in [0.29, 0.717) is 30.3 Å². The van der Waals surface area contributed by atoms with Gasteiger partial charge in [0.05, 0.1) is 23.4 Å². The van der Waals surface area contributed by atoms with E-state index in [4.69, 9.17) is 9.47 Å². The maximum absolute atomic E-state index is 12.9. The van der Waals surface area contributed by atoms with E-state index >= 15 is 0 Å². The molecule has 2 aliphatic heterocycles. The second kappa shape index (κ2) is 9.77. The Bertz CT molecular complexity index is 1370. The van der Waals surface area contributed by atoms with E-state index in [1.807, 2.05) is 31.2 Å². The SMILES string of the molecule is Cc1ccc(OCCN2C(=O)COc3cc(NC(=O)C(C)N4C(=O)c5ccccc5C4=O)ccc32)cc1. The smallest absolute Gasteiger partial charge is 0.265 e. The maximum atomic E-state index is 12.9. The zero-order valence-corrected chi connectivity index (χ0v) is 20.4. The normalized spacial score (nSPS) is 15.1. The van der Waals surface area contributed by atoms with E-state index in [1.54, 1.807) is 47.4 Å². The highest BCUT2D eigenvalue weighted by Gasteiger charge is 2.40. The average Bonchev–Trinajstić information content (AvgIpc) is 3.15. The number of ether oxygens (including phenoxy) is 2. The van der Waals surface area contributed by atoms with Crippen LogP contribution in [0.4, 0.5) is 11.4 Å². The van der Waals surface area contributed by atoms with Crippen LogP contribution >= 0.6 is 0 Å². The van der Waals surface area contributed by atoms with Gasteiger partial charge in [0.1, 0.15) is 24.1 Å². The Labute approximate surface area is 213 Å². The summed E-state index contributed by atoms with van der Waals surface area (Å²) in [6.07, 6.45) is 0. The third kappa shape index (κ3) is 4.63. The van der Waals surface area contributed by atoms with Crippen LogP contribution in [0.5, 0.6) is 11.5 Å². The van der Waals surface area contributed by atoms with Gasteiger partial charge in [0.25, 0.3) is 17.7 Å². The topological polar surface area (TPSA) is 105 Å². The van der Waals surface area contributed by atoms with Crippen molar-refractivity contribution in [2.45, 2.75) is 19.9 Å². The first-order valence-electron chi connectivity index (χ1n) is 11.9. The fraction of sp³-hybridized carbons (Fsp3) is 0.214. The number of carbonyl (C=O) groups excluding carboxylic acids is 4. The fourth-order valence-electron chi connectivity index (χ4n) is 4.34. The Morgan fingerprint density at radius 2 is 1.68 bits per heavy atom. The van der Waals surface area contributed by atoms with Crippen LogP contribution in [0.3, 0.4) is 0 Å². The van der Waals surface area contributed by atoms with Crippen molar-refractivity contribution in [2.75, 3.05) is 30.0 Å². The molecule has 0 spiro atoms. The number of nitrogens with one attached hydrogen (secondary N) is 1. The summed E-state index contributed by atoms with van der Waals surface area (Å²) in [4.78, 5) is 53.4. The first kappa shape index (κ1) is 24.1. The van der Waals surface area contributed by atoms with E-state index in [1.165, 1.54) is 6.92 Å². The van der Waals surface area contributed by atoms with Gasteiger partial charge in [0.2, 0.25) is 5.91 Å². The number of benzene rings is 3. The van der Waals surface area contributed by atoms with Gasteiger partial charge in [-0.1, -0.05) is 29.8 Å². The molecule has 188 valence electrons. The third-order valence-electron chi connectivity index (χ3n) is 6.37. The van der Waals surface area contributed by atoms with Gasteiger partial charge in [0.15, 0.2) is 6.61 Å². The van der Waals surface area contributed by atoms with E-state index in [2.05, 4.69) is 5.32 Å². The van der Waals surface area contributed by atoms with Crippen molar-refractivity contribution in [3.63, 3.8) is 0 Å². The Kier molecular flexibility index (Phi) is 6.35. The predicted octanol–water partition coefficient (Wildman–Crippen LogP) is 3.42. The van der Waals surface area contributed by atoms with Crippen molar-refractivity contribution in [3.8, 4) is 11.5 Å². The van der Waals surface area contributed by atoms with Crippen molar-refractivity contribution >= 4 is 35.0 Å². The van der Waals surface area contributed by atoms with Crippen LogP contribution in [0.15, 0.2) is 66.7 Å². The van der Waals surface area contributed by atoms with Gasteiger partial charge in [-0.15, -0.1) is 0 Å². The molecule has 1 atom stereocenters. The number of nitrogens with zero attached hydrogens (tertiary/aromatic N) is 2. The van der Waals surface area contributed by atoms with Crippen LogP contribution in [0, 0.1) is 6.92 Å². The number of imide groups is 1. The number of hydrogen-bond donors (Lipinski definition) is 1. The van der Waals surface area contributed by atoms with Crippen LogP contribution in [0.2, 0.25) is 0 Å². The molecule has 1 unspecified atom stereocenters. The summed E-state index contributed by atoms with van der Waals surface area (Å²) >= 11 is 0. The van der Waals surface area contributed by atoms with E-state index in [9.17, 15) is 19.2 Å². The van der Waals surface area contributed by atoms with Gasteiger partial charge in [-0.05, 0) is 50.2 Å². The number of amides is 4. The molecule has 0 saturated carbocycles. The molecule has 0 bridgehead atoms.